The molecule has 0 aromatic rings. The van der Waals surface area contributed by atoms with E-state index in [9.17, 15) is 0 Å². The largest absolute Gasteiger partial charge is 0.303 e. The molecule has 0 unspecified atom stereocenters. The molecule has 0 aliphatic rings. The summed E-state index contributed by atoms with van der Waals surface area (Å²) in [4.78, 5) is 0. The van der Waals surface area contributed by atoms with Crippen LogP contribution >= 0.6 is 22.6 Å². The summed E-state index contributed by atoms with van der Waals surface area (Å²) < 4.78 is 1.33. The highest BCUT2D eigenvalue weighted by Crippen LogP contribution is 2.02. The molecule has 0 heterocycles. The minimum absolute atomic E-state index is 1.33. The molecule has 0 bridgehead atoms. The van der Waals surface area contributed by atoms with Crippen LogP contribution in [0.5, 0.6) is 0 Å². The molecular formula is CH3IN138. The highest BCUT2D eigenvalue weighted by Gasteiger charge is 1.84. The normalized spacial score (nSPS) is 15.8. The van der Waals surface area contributed by atoms with Crippen molar-refractivity contribution in [1.82, 2.24) is 0 Å². The first-order valence-corrected chi connectivity index (χ1v) is 29.2. The highest BCUT2D eigenvalue weighted by molar-refractivity contribution is 14.1. The Bertz CT molecular complexity index is 4800. The standard InChI is InChI=1S/CH3IN138/c2-1-4-6-8-10-12-14-16-18-20-22-24-26-28-30-32-34-36-38-40-42-44-46-48-50-52-54-56-58-60-62-64-66-68-70-72-74-76-78-80-82-84-86-88-90-92-94-96-98-100-102-104-106-108-110-112-114-116-118-120-122-124-126-128-130-132-134-136-138-140-139-137-135-133-131-129-127-125-123-121-119-117-115-113-111-109-107-105-103-101-99-97-95-93-91-89-87-85-83-81-79-77-75-73-71-69-67-65-63-61-59-57-55-53-51-49-47-45-43-41-39-37-35-33-31-29-27-25-23-21-19-17-15-13-11-9-7-5-3/h1H,(H2,3,6,7,10,11,14,15,18,19,22,23,26,27,30,31,34,35,38,39,42,43,46,47,50,51,54,55,58,59,62,63,66,67,70,71,74,75,78,79,82,83,86,87,90,91,94,95,98,99,102,103,106,107,110,111,114,115,118,119,122,123,126,127,130,131,134,135,138,139). The van der Waals surface area contributed by atoms with Crippen LogP contribution in [0.4, 0.5) is 0 Å². The number of nitrogens with zero attached hydrogens (tertiary/aromatic N) is 137. The number of rotatable bonds is 68. The molecular weight excluding hydrogens is 2070 g/mol. The molecule has 0 fully saturated rings. The van der Waals surface area contributed by atoms with E-state index in [1.54, 1.807) is 0 Å². The maximum Gasteiger partial charge on any atom is 0.0897 e. The fraction of sp³-hybridized carbons (Fsp3) is 0. The van der Waals surface area contributed by atoms with Gasteiger partial charge < -0.3 is 5.84 Å². The first-order valence-electron chi connectivity index (χ1n) is 27.9. The van der Waals surface area contributed by atoms with Crippen LogP contribution in [0.2, 0.25) is 0 Å². The molecule has 0 amide bonds. The fourth-order valence-electron chi connectivity index (χ4n) is 2.44. The summed E-state index contributed by atoms with van der Waals surface area (Å²) in [5, 5.41) is 411. The fourth-order valence-corrected chi connectivity index (χ4v) is 2.56. The summed E-state index contributed by atoms with van der Waals surface area (Å²) >= 11 is 1.81. The molecule has 0 rings (SSSR count). The molecule has 0 atom stereocenters. The predicted molar refractivity (Wildman–Crippen MR) is 357 cm³/mol. The molecule has 140 heavy (non-hydrogen) atoms. The van der Waals surface area contributed by atoms with Crippen molar-refractivity contribution in [3.8, 4) is 0 Å². The summed E-state index contributed by atoms with van der Waals surface area (Å²) in [7, 11) is 0. The van der Waals surface area contributed by atoms with Gasteiger partial charge in [0, 0.05) is 627 Å². The third-order valence-corrected chi connectivity index (χ3v) is 5.76. The van der Waals surface area contributed by atoms with Gasteiger partial charge in [0.15, 0.2) is 0 Å². The van der Waals surface area contributed by atoms with Gasteiger partial charge in [0.2, 0.25) is 0 Å². The molecule has 0 aliphatic carbocycles. The van der Waals surface area contributed by atoms with E-state index in [2.05, 4.69) is 721 Å². The molecule has 139 heteroatoms. The summed E-state index contributed by atoms with van der Waals surface area (Å²) in [6.45, 7) is 0. The second-order valence-electron chi connectivity index (χ2n) is 12.4. The van der Waals surface area contributed by atoms with E-state index in [0.29, 0.717) is 0 Å². The molecule has 2 N–H and O–H groups in total. The van der Waals surface area contributed by atoms with Gasteiger partial charge in [-0.05, 0) is 101 Å². The van der Waals surface area contributed by atoms with Crippen LogP contribution in [0.1, 0.15) is 0 Å². The summed E-state index contributed by atoms with van der Waals surface area (Å²) in [6, 6.07) is 0. The van der Waals surface area contributed by atoms with E-state index < -0.39 is 0 Å². The maximum atomic E-state index is 4.64. The van der Waals surface area contributed by atoms with Gasteiger partial charge in [-0.15, -0.1) is 5.10 Å². The molecule has 0 saturated heterocycles. The molecule has 0 radical (unpaired) electrons. The molecule has 138 nitrogen and oxygen atoms in total. The van der Waals surface area contributed by atoms with Gasteiger partial charge in [-0.2, -0.15) is 0 Å². The summed E-state index contributed by atoms with van der Waals surface area (Å²) in [5.41, 5.74) is 0. The third-order valence-electron chi connectivity index (χ3n) is 5.51. The van der Waals surface area contributed by atoms with Crippen molar-refractivity contribution < 1.29 is 0 Å². The first kappa shape index (κ1) is 113. The summed E-state index contributed by atoms with van der Waals surface area (Å²) in [6.07, 6.45) is 0. The zero-order chi connectivity index (χ0) is 99.6. The van der Waals surface area contributed by atoms with E-state index in [0.717, 1.165) is 0 Å². The lowest BCUT2D eigenvalue weighted by Gasteiger charge is -1.71. The Kier molecular flexibility index (Phi) is 90.4. The molecule has 0 aromatic carbocycles. The van der Waals surface area contributed by atoms with Gasteiger partial charge >= 0.3 is 0 Å². The van der Waals surface area contributed by atoms with E-state index in [4.69, 9.17) is 0 Å². The average molecular weight is 2070 g/mol. The van der Waals surface area contributed by atoms with Crippen molar-refractivity contribution in [2.45, 2.75) is 0 Å². The zero-order valence-electron chi connectivity index (χ0n) is 62.8. The van der Waals surface area contributed by atoms with Gasteiger partial charge in [0.1, 0.15) is 0 Å². The minimum Gasteiger partial charge on any atom is -0.303 e. The lowest BCUT2D eigenvalue weighted by molar-refractivity contribution is 0.722. The van der Waals surface area contributed by atoms with Gasteiger partial charge in [0.05, 0.1) is 4.22 Å². The third kappa shape index (κ3) is 111. The number of hydrogen-bond donors (Lipinski definition) is 1. The van der Waals surface area contributed by atoms with E-state index in [1.165, 1.54) is 4.22 Å². The van der Waals surface area contributed by atoms with Crippen LogP contribution in [0, 0.1) is 0 Å². The maximum absolute atomic E-state index is 4.64. The van der Waals surface area contributed by atoms with Gasteiger partial charge in [0.25, 0.3) is 0 Å². The van der Waals surface area contributed by atoms with Crippen molar-refractivity contribution in [2.75, 3.05) is 0 Å². The quantitative estimate of drug-likeness (QED) is 0.0200. The van der Waals surface area contributed by atoms with Crippen LogP contribution < -0.4 is 5.84 Å². The van der Waals surface area contributed by atoms with Crippen LogP contribution in [-0.4, -0.2) is 4.22 Å². The minimum atomic E-state index is 1.33. The molecule has 0 saturated carbocycles. The van der Waals surface area contributed by atoms with Crippen LogP contribution in [0.3, 0.4) is 0 Å². The van der Waals surface area contributed by atoms with E-state index in [1.807, 2.05) is 22.6 Å². The predicted octanol–water partition coefficient (Wildman–Crippen LogP) is 25.3. The molecule has 0 aliphatic heterocycles. The van der Waals surface area contributed by atoms with Crippen LogP contribution in [0.25, 0.3) is 0 Å². The Labute approximate surface area is 747 Å². The van der Waals surface area contributed by atoms with Crippen molar-refractivity contribution >= 4 is 26.8 Å². The Balaban J connectivity index is 4.14. The Morgan fingerprint density at radius 2 is 0.114 bits per heavy atom. The van der Waals surface area contributed by atoms with Gasteiger partial charge in [-0.1, -0.05) is 5.22 Å². The van der Waals surface area contributed by atoms with Crippen LogP contribution in [-0.2, 0) is 0 Å². The Hall–Kier alpha value is -27.0. The second-order valence-corrected chi connectivity index (χ2v) is 13.0. The number of halogens is 1. The second kappa shape index (κ2) is 112. The van der Waals surface area contributed by atoms with Crippen molar-refractivity contribution in [3.05, 3.63) is 0 Å². The average Bonchev–Trinajstić information content (AvgIpc) is 1.10. The van der Waals surface area contributed by atoms with Gasteiger partial charge in [-0.25, -0.2) is 0 Å². The SMILES string of the molecule is NN=NN=NN=NN=NN=NN=NN=NN=NN=NN=NN=NN=NN=NN=NN=NN=NN=NN=NN=NN=NN=NN=NN=NN=NN=NN=NN=NN=NN=NN=NN=NN=NN=NN=NN=NN=NN=NN=NN=NN=NN=NN=NN=NN=NN=NN=NN=NN=NN=NN=NN=NN=NN=NN=NN=NN=NN=NN=NN=NN=NN=NN=NN=NN=NN=NN=NN=NN=NN=CI. The lowest BCUT2D eigenvalue weighted by atomic mass is 11.7. The Morgan fingerprint density at radius 1 is 0.0714 bits per heavy atom. The highest BCUT2D eigenvalue weighted by atomic mass is 127. The topological polar surface area (TPSA) is 1720 Å². The van der Waals surface area contributed by atoms with Crippen molar-refractivity contribution in [2.24, 2.45) is 721 Å². The molecule has 0 aromatic heterocycles. The van der Waals surface area contributed by atoms with E-state index in [-0.39, 0.29) is 0 Å². The zero-order valence-corrected chi connectivity index (χ0v) is 65.0. The first-order chi connectivity index (χ1) is 69.9. The smallest absolute Gasteiger partial charge is 0.0897 e. The molecule has 0 spiro atoms. The Morgan fingerprint density at radius 3 is 0.157 bits per heavy atom. The van der Waals surface area contributed by atoms with Crippen molar-refractivity contribution in [3.63, 3.8) is 0 Å². The summed E-state index contributed by atoms with van der Waals surface area (Å²) in [5.74, 6) is 4.64. The number of hydrogen-bond acceptors (Lipinski definition) is 2. The molecule has 704 valence electrons. The van der Waals surface area contributed by atoms with Crippen LogP contribution in [0.15, 0.2) is 715 Å². The van der Waals surface area contributed by atoms with Gasteiger partial charge in [-0.3, -0.25) is 0 Å². The van der Waals surface area contributed by atoms with E-state index >= 15 is 0 Å². The monoisotopic (exact) mass is 2070 g/mol. The lowest BCUT2D eigenvalue weighted by Crippen LogP contribution is -1.70. The van der Waals surface area contributed by atoms with Crippen molar-refractivity contribution in [1.29, 1.82) is 0 Å². The number of nitrogens with two attached hydrogens (primary N) is 1.